The Bertz CT molecular complexity index is 654. The predicted octanol–water partition coefficient (Wildman–Crippen LogP) is 3.68. The number of unbranched alkanes of at least 4 members (excludes halogenated alkanes) is 2. The van der Waals surface area contributed by atoms with Crippen molar-refractivity contribution in [2.24, 2.45) is 4.99 Å². The van der Waals surface area contributed by atoms with Crippen LogP contribution in [0.25, 0.3) is 11.4 Å². The minimum Gasteiger partial charge on any atom is -0.357 e. The Balaban J connectivity index is 1.82. The standard InChI is InChI=1S/C18H26ClN5O/c1-3-5-6-12-21-18(20-4-2)22-13-11-16-23-17(24-25-16)14-7-9-15(19)10-8-14/h7-10H,3-6,11-13H2,1-2H3,(H2,20,21,22). The number of guanidine groups is 1. The van der Waals surface area contributed by atoms with Gasteiger partial charge in [-0.05, 0) is 37.6 Å². The average Bonchev–Trinajstić information content (AvgIpc) is 3.08. The van der Waals surface area contributed by atoms with E-state index in [-0.39, 0.29) is 0 Å². The van der Waals surface area contributed by atoms with Crippen LogP contribution in [0, 0.1) is 0 Å². The van der Waals surface area contributed by atoms with Crippen LogP contribution in [0.1, 0.15) is 39.0 Å². The van der Waals surface area contributed by atoms with Crippen molar-refractivity contribution in [3.05, 3.63) is 35.2 Å². The van der Waals surface area contributed by atoms with Crippen LogP contribution in [0.15, 0.2) is 33.8 Å². The highest BCUT2D eigenvalue weighted by Crippen LogP contribution is 2.18. The molecule has 2 aromatic rings. The lowest BCUT2D eigenvalue weighted by molar-refractivity contribution is 0.378. The summed E-state index contributed by atoms with van der Waals surface area (Å²) in [5.41, 5.74) is 0.887. The van der Waals surface area contributed by atoms with Gasteiger partial charge in [0, 0.05) is 36.6 Å². The molecule has 0 aliphatic carbocycles. The lowest BCUT2D eigenvalue weighted by Crippen LogP contribution is -2.38. The summed E-state index contributed by atoms with van der Waals surface area (Å²) in [4.78, 5) is 8.98. The number of rotatable bonds is 9. The first kappa shape index (κ1) is 19.2. The van der Waals surface area contributed by atoms with Gasteiger partial charge in [0.1, 0.15) is 0 Å². The van der Waals surface area contributed by atoms with Crippen LogP contribution in [0.2, 0.25) is 5.02 Å². The number of nitrogens with one attached hydrogen (secondary N) is 2. The Labute approximate surface area is 154 Å². The second-order valence-electron chi connectivity index (χ2n) is 5.66. The van der Waals surface area contributed by atoms with E-state index in [9.17, 15) is 0 Å². The summed E-state index contributed by atoms with van der Waals surface area (Å²) in [5, 5.41) is 11.2. The van der Waals surface area contributed by atoms with Gasteiger partial charge in [-0.2, -0.15) is 4.98 Å². The summed E-state index contributed by atoms with van der Waals surface area (Å²) in [6.45, 7) is 6.60. The predicted molar refractivity (Wildman–Crippen MR) is 102 cm³/mol. The second-order valence-corrected chi connectivity index (χ2v) is 6.10. The minimum absolute atomic E-state index is 0.576. The fourth-order valence-corrected chi connectivity index (χ4v) is 2.38. The zero-order valence-electron chi connectivity index (χ0n) is 14.9. The number of aromatic nitrogens is 2. The van der Waals surface area contributed by atoms with E-state index >= 15 is 0 Å². The normalized spacial score (nSPS) is 11.6. The van der Waals surface area contributed by atoms with Gasteiger partial charge in [0.15, 0.2) is 5.96 Å². The summed E-state index contributed by atoms with van der Waals surface area (Å²) in [6.07, 6.45) is 4.16. The van der Waals surface area contributed by atoms with Crippen LogP contribution >= 0.6 is 11.6 Å². The van der Waals surface area contributed by atoms with Crippen molar-refractivity contribution in [1.82, 2.24) is 20.8 Å². The highest BCUT2D eigenvalue weighted by Gasteiger charge is 2.08. The largest absolute Gasteiger partial charge is 0.357 e. The Morgan fingerprint density at radius 3 is 2.68 bits per heavy atom. The van der Waals surface area contributed by atoms with Crippen molar-refractivity contribution >= 4 is 17.6 Å². The van der Waals surface area contributed by atoms with Crippen molar-refractivity contribution in [2.45, 2.75) is 39.5 Å². The third-order valence-corrected chi connectivity index (χ3v) is 3.83. The maximum atomic E-state index is 5.89. The van der Waals surface area contributed by atoms with Crippen LogP contribution in [0.3, 0.4) is 0 Å². The molecule has 6 nitrogen and oxygen atoms in total. The lowest BCUT2D eigenvalue weighted by Gasteiger charge is -2.10. The van der Waals surface area contributed by atoms with Gasteiger partial charge in [-0.1, -0.05) is 36.5 Å². The van der Waals surface area contributed by atoms with E-state index in [0.29, 0.717) is 29.7 Å². The van der Waals surface area contributed by atoms with Gasteiger partial charge < -0.3 is 15.2 Å². The maximum absolute atomic E-state index is 5.89. The molecule has 0 atom stereocenters. The molecule has 0 fully saturated rings. The maximum Gasteiger partial charge on any atom is 0.228 e. The van der Waals surface area contributed by atoms with E-state index in [1.165, 1.54) is 12.8 Å². The summed E-state index contributed by atoms with van der Waals surface area (Å²) >= 11 is 5.89. The number of aliphatic imine (C=N–C) groups is 1. The molecule has 0 radical (unpaired) electrons. The first-order valence-corrected chi connectivity index (χ1v) is 9.21. The summed E-state index contributed by atoms with van der Waals surface area (Å²) < 4.78 is 5.31. The van der Waals surface area contributed by atoms with E-state index in [1.807, 2.05) is 24.3 Å². The van der Waals surface area contributed by atoms with Gasteiger partial charge in [0.25, 0.3) is 0 Å². The molecular formula is C18H26ClN5O. The summed E-state index contributed by atoms with van der Waals surface area (Å²) in [7, 11) is 0. The van der Waals surface area contributed by atoms with E-state index < -0.39 is 0 Å². The number of hydrogen-bond acceptors (Lipinski definition) is 4. The molecular weight excluding hydrogens is 338 g/mol. The molecule has 0 unspecified atom stereocenters. The fourth-order valence-electron chi connectivity index (χ4n) is 2.25. The van der Waals surface area contributed by atoms with E-state index in [1.54, 1.807) is 0 Å². The highest BCUT2D eigenvalue weighted by atomic mass is 35.5. The van der Waals surface area contributed by atoms with Crippen molar-refractivity contribution in [3.8, 4) is 11.4 Å². The monoisotopic (exact) mass is 363 g/mol. The zero-order chi connectivity index (χ0) is 17.9. The molecule has 0 amide bonds. The molecule has 0 bridgehead atoms. The van der Waals surface area contributed by atoms with Crippen LogP contribution < -0.4 is 10.6 Å². The Morgan fingerprint density at radius 2 is 1.96 bits per heavy atom. The summed E-state index contributed by atoms with van der Waals surface area (Å²) in [5.74, 6) is 2.00. The van der Waals surface area contributed by atoms with E-state index in [2.05, 4.69) is 39.6 Å². The van der Waals surface area contributed by atoms with E-state index in [4.69, 9.17) is 16.1 Å². The number of nitrogens with zero attached hydrogens (tertiary/aromatic N) is 3. The number of benzene rings is 1. The first-order valence-electron chi connectivity index (χ1n) is 8.83. The smallest absolute Gasteiger partial charge is 0.228 e. The van der Waals surface area contributed by atoms with Gasteiger partial charge in [-0.15, -0.1) is 0 Å². The molecule has 2 N–H and O–H groups in total. The lowest BCUT2D eigenvalue weighted by atomic mass is 10.2. The molecule has 0 spiro atoms. The molecule has 7 heteroatoms. The minimum atomic E-state index is 0.576. The molecule has 0 saturated heterocycles. The van der Waals surface area contributed by atoms with E-state index in [0.717, 1.165) is 31.0 Å². The average molecular weight is 364 g/mol. The van der Waals surface area contributed by atoms with Gasteiger partial charge in [-0.3, -0.25) is 4.99 Å². The zero-order valence-corrected chi connectivity index (χ0v) is 15.6. The van der Waals surface area contributed by atoms with Crippen molar-refractivity contribution < 1.29 is 4.52 Å². The quantitative estimate of drug-likeness (QED) is 0.404. The molecule has 1 aromatic carbocycles. The number of halogens is 1. The van der Waals surface area contributed by atoms with Gasteiger partial charge in [-0.25, -0.2) is 0 Å². The molecule has 0 aliphatic heterocycles. The SMILES string of the molecule is CCCCCN=C(NCC)NCCc1nc(-c2ccc(Cl)cc2)no1. The van der Waals surface area contributed by atoms with Crippen LogP contribution in [0.4, 0.5) is 0 Å². The third kappa shape index (κ3) is 6.74. The van der Waals surface area contributed by atoms with Gasteiger partial charge in [0.2, 0.25) is 11.7 Å². The molecule has 25 heavy (non-hydrogen) atoms. The van der Waals surface area contributed by atoms with Crippen LogP contribution in [0.5, 0.6) is 0 Å². The fraction of sp³-hybridized carbons (Fsp3) is 0.500. The van der Waals surface area contributed by atoms with Crippen LogP contribution in [-0.2, 0) is 6.42 Å². The Morgan fingerprint density at radius 1 is 1.16 bits per heavy atom. The number of hydrogen-bond donors (Lipinski definition) is 2. The molecule has 1 aromatic heterocycles. The van der Waals surface area contributed by atoms with Gasteiger partial charge >= 0.3 is 0 Å². The Kier molecular flexibility index (Phi) is 8.25. The third-order valence-electron chi connectivity index (χ3n) is 3.58. The van der Waals surface area contributed by atoms with Crippen LogP contribution in [-0.4, -0.2) is 35.7 Å². The van der Waals surface area contributed by atoms with Crippen molar-refractivity contribution in [3.63, 3.8) is 0 Å². The van der Waals surface area contributed by atoms with Crippen molar-refractivity contribution in [1.29, 1.82) is 0 Å². The topological polar surface area (TPSA) is 75.3 Å². The molecule has 0 saturated carbocycles. The molecule has 1 heterocycles. The first-order chi connectivity index (χ1) is 12.2. The molecule has 2 rings (SSSR count). The molecule has 136 valence electrons. The van der Waals surface area contributed by atoms with Gasteiger partial charge in [0.05, 0.1) is 0 Å². The molecule has 0 aliphatic rings. The summed E-state index contributed by atoms with van der Waals surface area (Å²) in [6, 6.07) is 7.38. The highest BCUT2D eigenvalue weighted by molar-refractivity contribution is 6.30. The Hall–Kier alpha value is -2.08. The van der Waals surface area contributed by atoms with Crippen molar-refractivity contribution in [2.75, 3.05) is 19.6 Å². The second kappa shape index (κ2) is 10.7.